The lowest BCUT2D eigenvalue weighted by Crippen LogP contribution is -3.08. The number of rotatable bonds is 9. The van der Waals surface area contributed by atoms with Crippen molar-refractivity contribution in [3.05, 3.63) is 59.5 Å². The van der Waals surface area contributed by atoms with Gasteiger partial charge in [0, 0.05) is 24.9 Å². The van der Waals surface area contributed by atoms with Crippen molar-refractivity contribution >= 4 is 17.7 Å². The molecule has 29 heavy (non-hydrogen) atoms. The molecule has 1 aromatic carbocycles. The van der Waals surface area contributed by atoms with Crippen LogP contribution in [0, 0.1) is 0 Å². The van der Waals surface area contributed by atoms with Crippen molar-refractivity contribution in [2.45, 2.75) is 25.9 Å². The lowest BCUT2D eigenvalue weighted by Gasteiger charge is -2.12. The Morgan fingerprint density at radius 2 is 1.52 bits per heavy atom. The molecule has 2 heterocycles. The summed E-state index contributed by atoms with van der Waals surface area (Å²) in [7, 11) is 0. The van der Waals surface area contributed by atoms with E-state index in [1.165, 1.54) is 43.8 Å². The fourth-order valence-electron chi connectivity index (χ4n) is 3.28. The molecule has 2 aromatic rings. The van der Waals surface area contributed by atoms with Gasteiger partial charge >= 0.3 is 0 Å². The van der Waals surface area contributed by atoms with Crippen LogP contribution in [0.4, 0.5) is 0 Å². The summed E-state index contributed by atoms with van der Waals surface area (Å²) in [6, 6.07) is 11.3. The predicted octanol–water partition coefficient (Wildman–Crippen LogP) is -0.379. The van der Waals surface area contributed by atoms with E-state index in [1.807, 2.05) is 12.1 Å². The summed E-state index contributed by atoms with van der Waals surface area (Å²) < 4.78 is 4.93. The van der Waals surface area contributed by atoms with Crippen molar-refractivity contribution in [2.75, 3.05) is 26.2 Å². The Balaban J connectivity index is 1.31. The van der Waals surface area contributed by atoms with Crippen LogP contribution in [0.5, 0.6) is 0 Å². The molecule has 1 fully saturated rings. The monoisotopic (exact) mass is 399 g/mol. The van der Waals surface area contributed by atoms with Gasteiger partial charge in [0.1, 0.15) is 6.54 Å². The third-order valence-corrected chi connectivity index (χ3v) is 4.88. The lowest BCUT2D eigenvalue weighted by atomic mass is 10.1. The topological polar surface area (TPSA) is 105 Å². The van der Waals surface area contributed by atoms with Crippen LogP contribution in [-0.2, 0) is 22.7 Å². The summed E-state index contributed by atoms with van der Waals surface area (Å²) in [5.41, 5.74) is 2.32. The number of nitrogens with one attached hydrogen (secondary N) is 4. The minimum atomic E-state index is -0.482. The second kappa shape index (κ2) is 10.4. The van der Waals surface area contributed by atoms with Crippen LogP contribution in [0.3, 0.4) is 0 Å². The summed E-state index contributed by atoms with van der Waals surface area (Å²) >= 11 is 0. The number of benzene rings is 1. The number of carbonyl (C=O) groups is 3. The van der Waals surface area contributed by atoms with Gasteiger partial charge in [-0.2, -0.15) is 0 Å². The van der Waals surface area contributed by atoms with E-state index in [0.29, 0.717) is 6.54 Å². The zero-order chi connectivity index (χ0) is 20.5. The number of hydrogen-bond donors (Lipinski definition) is 4. The predicted molar refractivity (Wildman–Crippen MR) is 106 cm³/mol. The molecule has 3 amide bonds. The van der Waals surface area contributed by atoms with Gasteiger partial charge in [0.2, 0.25) is 11.8 Å². The molecule has 1 saturated heterocycles. The molecule has 1 aliphatic rings. The van der Waals surface area contributed by atoms with E-state index in [0.717, 1.165) is 12.1 Å². The average molecular weight is 399 g/mol. The Hall–Kier alpha value is -3.13. The first-order valence-corrected chi connectivity index (χ1v) is 9.86. The maximum Gasteiger partial charge on any atom is 0.287 e. The van der Waals surface area contributed by atoms with Gasteiger partial charge in [-0.15, -0.1) is 0 Å². The zero-order valence-corrected chi connectivity index (χ0v) is 16.3. The van der Waals surface area contributed by atoms with Crippen LogP contribution < -0.4 is 20.9 Å². The highest BCUT2D eigenvalue weighted by Crippen LogP contribution is 2.04. The van der Waals surface area contributed by atoms with Crippen LogP contribution in [0.2, 0.25) is 0 Å². The summed E-state index contributed by atoms with van der Waals surface area (Å²) in [6.45, 7) is 3.57. The molecule has 0 atom stereocenters. The number of hydrogen-bond acceptors (Lipinski definition) is 4. The summed E-state index contributed by atoms with van der Waals surface area (Å²) in [6.07, 6.45) is 4.00. The zero-order valence-electron chi connectivity index (χ0n) is 16.3. The Morgan fingerprint density at radius 3 is 2.21 bits per heavy atom. The molecular formula is C21H27N4O4+. The highest BCUT2D eigenvalue weighted by molar-refractivity contribution is 5.94. The van der Waals surface area contributed by atoms with Crippen LogP contribution in [0.15, 0.2) is 47.1 Å². The number of amides is 3. The molecule has 0 aliphatic carbocycles. The van der Waals surface area contributed by atoms with E-state index in [-0.39, 0.29) is 24.8 Å². The molecule has 0 bridgehead atoms. The molecule has 1 aliphatic heterocycles. The van der Waals surface area contributed by atoms with Gasteiger partial charge in [-0.3, -0.25) is 14.4 Å². The first-order valence-electron chi connectivity index (χ1n) is 9.86. The van der Waals surface area contributed by atoms with Crippen molar-refractivity contribution in [1.82, 2.24) is 16.0 Å². The molecule has 0 unspecified atom stereocenters. The van der Waals surface area contributed by atoms with Crippen LogP contribution >= 0.6 is 0 Å². The van der Waals surface area contributed by atoms with E-state index in [2.05, 4.69) is 28.1 Å². The smallest absolute Gasteiger partial charge is 0.287 e. The largest absolute Gasteiger partial charge is 0.459 e. The third-order valence-electron chi connectivity index (χ3n) is 4.88. The van der Waals surface area contributed by atoms with Gasteiger partial charge in [0.25, 0.3) is 5.91 Å². The van der Waals surface area contributed by atoms with Gasteiger partial charge < -0.3 is 25.3 Å². The van der Waals surface area contributed by atoms with Gasteiger partial charge in [-0.05, 0) is 17.7 Å². The average Bonchev–Trinajstić information content (AvgIpc) is 3.44. The van der Waals surface area contributed by atoms with Gasteiger partial charge in [0.15, 0.2) is 5.76 Å². The fourth-order valence-corrected chi connectivity index (χ4v) is 3.28. The molecule has 154 valence electrons. The molecule has 1 aromatic heterocycles. The summed E-state index contributed by atoms with van der Waals surface area (Å²) in [5, 5.41) is 7.66. The van der Waals surface area contributed by atoms with Crippen molar-refractivity contribution in [3.8, 4) is 0 Å². The van der Waals surface area contributed by atoms with Gasteiger partial charge in [0.05, 0.1) is 32.4 Å². The quantitative estimate of drug-likeness (QED) is 0.461. The Bertz CT molecular complexity index is 812. The van der Waals surface area contributed by atoms with Crippen LogP contribution in [-0.4, -0.2) is 43.9 Å². The summed E-state index contributed by atoms with van der Waals surface area (Å²) in [5.74, 6) is -1.09. The number of likely N-dealkylation sites (tertiary alicyclic amines) is 1. The highest BCUT2D eigenvalue weighted by Gasteiger charge is 2.15. The normalized spacial score (nSPS) is 13.8. The van der Waals surface area contributed by atoms with E-state index in [1.54, 1.807) is 11.0 Å². The minimum absolute atomic E-state index is 0.128. The molecule has 0 spiro atoms. The van der Waals surface area contributed by atoms with Crippen molar-refractivity contribution < 1.29 is 23.7 Å². The molecule has 0 saturated carbocycles. The molecular weight excluding hydrogens is 372 g/mol. The lowest BCUT2D eigenvalue weighted by molar-refractivity contribution is -0.901. The highest BCUT2D eigenvalue weighted by atomic mass is 16.3. The maximum atomic E-state index is 11.9. The Kier molecular flexibility index (Phi) is 7.40. The van der Waals surface area contributed by atoms with Crippen molar-refractivity contribution in [3.63, 3.8) is 0 Å². The molecule has 8 nitrogen and oxygen atoms in total. The molecule has 8 heteroatoms. The second-order valence-corrected chi connectivity index (χ2v) is 7.16. The van der Waals surface area contributed by atoms with E-state index < -0.39 is 11.8 Å². The Morgan fingerprint density at radius 1 is 0.862 bits per heavy atom. The van der Waals surface area contributed by atoms with Crippen LogP contribution in [0.1, 0.15) is 34.5 Å². The molecule has 0 radical (unpaired) electrons. The maximum absolute atomic E-state index is 11.9. The van der Waals surface area contributed by atoms with Gasteiger partial charge in [-0.1, -0.05) is 24.3 Å². The number of quaternary nitrogens is 1. The van der Waals surface area contributed by atoms with Crippen LogP contribution in [0.25, 0.3) is 0 Å². The van der Waals surface area contributed by atoms with Crippen molar-refractivity contribution in [2.24, 2.45) is 0 Å². The SMILES string of the molecule is O=C(CNC(=O)CNC(=O)c1ccco1)NCc1ccc(C[NH+]2CCCC2)cc1. The van der Waals surface area contributed by atoms with Crippen molar-refractivity contribution in [1.29, 1.82) is 0 Å². The Labute approximate surface area is 169 Å². The second-order valence-electron chi connectivity index (χ2n) is 7.16. The van der Waals surface area contributed by atoms with E-state index in [9.17, 15) is 14.4 Å². The first-order chi connectivity index (χ1) is 14.1. The minimum Gasteiger partial charge on any atom is -0.459 e. The van der Waals surface area contributed by atoms with E-state index in [4.69, 9.17) is 4.42 Å². The molecule has 3 rings (SSSR count). The summed E-state index contributed by atoms with van der Waals surface area (Å²) in [4.78, 5) is 36.9. The molecule has 4 N–H and O–H groups in total. The van der Waals surface area contributed by atoms with E-state index >= 15 is 0 Å². The van der Waals surface area contributed by atoms with Gasteiger partial charge in [-0.25, -0.2) is 0 Å². The fraction of sp³-hybridized carbons (Fsp3) is 0.381. The standard InChI is InChI=1S/C21H26N4O4/c26-19(13-23-20(27)14-24-21(28)18-4-3-11-29-18)22-12-16-5-7-17(8-6-16)15-25-9-1-2-10-25/h3-8,11H,1-2,9-10,12-15H2,(H,22,26)(H,23,27)(H,24,28)/p+1. The number of carbonyl (C=O) groups excluding carboxylic acids is 3. The number of furan rings is 1. The third kappa shape index (κ3) is 6.76. The first kappa shape index (κ1) is 20.6.